The van der Waals surface area contributed by atoms with E-state index in [1.807, 2.05) is 42.5 Å². The molecule has 4 aromatic rings. The van der Waals surface area contributed by atoms with Crippen LogP contribution < -0.4 is 5.73 Å². The van der Waals surface area contributed by atoms with E-state index in [9.17, 15) is 0 Å². The topological polar surface area (TPSA) is 64.9 Å². The Morgan fingerprint density at radius 2 is 1.96 bits per heavy atom. The molecule has 0 saturated heterocycles. The predicted octanol–water partition coefficient (Wildman–Crippen LogP) is 5.48. The Morgan fingerprint density at radius 3 is 2.79 bits per heavy atom. The molecule has 2 N–H and O–H groups in total. The number of hydrogen-bond donors (Lipinski definition) is 1. The van der Waals surface area contributed by atoms with Gasteiger partial charge in [-0.05, 0) is 42.5 Å². The van der Waals surface area contributed by atoms with Crippen LogP contribution in [0.25, 0.3) is 21.7 Å². The highest BCUT2D eigenvalue weighted by atomic mass is 35.5. The zero-order valence-corrected chi connectivity index (χ0v) is 14.8. The quantitative estimate of drug-likeness (QED) is 0.379. The molecule has 0 bridgehead atoms. The first-order valence-electron chi connectivity index (χ1n) is 7.16. The first-order valence-corrected chi connectivity index (χ1v) is 9.34. The average molecular weight is 374 g/mol. The summed E-state index contributed by atoms with van der Waals surface area (Å²) in [5.41, 5.74) is 9.32. The third-order valence-corrected chi connectivity index (χ3v) is 5.83. The van der Waals surface area contributed by atoms with Gasteiger partial charge in [-0.15, -0.1) is 11.3 Å². The second-order valence-electron chi connectivity index (χ2n) is 5.15. The number of hydrogen-bond acceptors (Lipinski definition) is 6. The standard InChI is InChI=1S/C17H12ClN3OS2/c18-11-3-1-10(2-4-11)16-20-13(8-22-16)9-23-17-21-14-6-5-12(19)7-15(14)24-17/h1-8H,9,19H2. The Kier molecular flexibility index (Phi) is 4.18. The van der Waals surface area contributed by atoms with Crippen LogP contribution >= 0.6 is 34.7 Å². The van der Waals surface area contributed by atoms with E-state index in [1.165, 1.54) is 0 Å². The fourth-order valence-corrected chi connectivity index (χ4v) is 4.34. The summed E-state index contributed by atoms with van der Waals surface area (Å²) >= 11 is 9.17. The monoisotopic (exact) mass is 373 g/mol. The van der Waals surface area contributed by atoms with E-state index in [4.69, 9.17) is 21.8 Å². The van der Waals surface area contributed by atoms with Gasteiger partial charge in [0.1, 0.15) is 6.26 Å². The van der Waals surface area contributed by atoms with Crippen molar-refractivity contribution < 1.29 is 4.42 Å². The highest BCUT2D eigenvalue weighted by molar-refractivity contribution is 8.00. The Balaban J connectivity index is 1.48. The van der Waals surface area contributed by atoms with E-state index in [1.54, 1.807) is 29.4 Å². The Hall–Kier alpha value is -2.02. The smallest absolute Gasteiger partial charge is 0.226 e. The van der Waals surface area contributed by atoms with Gasteiger partial charge in [0.2, 0.25) is 5.89 Å². The molecule has 0 aliphatic carbocycles. The number of nitrogens with zero attached hydrogens (tertiary/aromatic N) is 2. The second kappa shape index (κ2) is 6.47. The summed E-state index contributed by atoms with van der Waals surface area (Å²) < 4.78 is 7.64. The summed E-state index contributed by atoms with van der Waals surface area (Å²) in [6.07, 6.45) is 1.68. The van der Waals surface area contributed by atoms with Gasteiger partial charge in [0, 0.05) is 22.0 Å². The summed E-state index contributed by atoms with van der Waals surface area (Å²) in [6.45, 7) is 0. The lowest BCUT2D eigenvalue weighted by Crippen LogP contribution is -1.82. The van der Waals surface area contributed by atoms with Gasteiger partial charge in [-0.25, -0.2) is 9.97 Å². The zero-order valence-electron chi connectivity index (χ0n) is 12.4. The van der Waals surface area contributed by atoms with Crippen LogP contribution in [-0.2, 0) is 5.75 Å². The van der Waals surface area contributed by atoms with Crippen molar-refractivity contribution in [2.24, 2.45) is 0 Å². The number of thiazole rings is 1. The normalized spacial score (nSPS) is 11.2. The van der Waals surface area contributed by atoms with Gasteiger partial charge in [0.15, 0.2) is 4.34 Å². The van der Waals surface area contributed by atoms with Gasteiger partial charge >= 0.3 is 0 Å². The molecule has 0 unspecified atom stereocenters. The Bertz CT molecular complexity index is 995. The van der Waals surface area contributed by atoms with Crippen molar-refractivity contribution in [3.8, 4) is 11.5 Å². The Morgan fingerprint density at radius 1 is 1.12 bits per heavy atom. The molecule has 2 aromatic heterocycles. The molecule has 24 heavy (non-hydrogen) atoms. The molecule has 0 aliphatic heterocycles. The number of aromatic nitrogens is 2. The molecule has 2 heterocycles. The predicted molar refractivity (Wildman–Crippen MR) is 101 cm³/mol. The van der Waals surface area contributed by atoms with Crippen molar-refractivity contribution in [3.05, 3.63) is 59.4 Å². The molecule has 0 fully saturated rings. The van der Waals surface area contributed by atoms with Crippen LogP contribution in [0.15, 0.2) is 57.5 Å². The molecule has 0 radical (unpaired) electrons. The second-order valence-corrected chi connectivity index (χ2v) is 7.84. The lowest BCUT2D eigenvalue weighted by Gasteiger charge is -1.95. The van der Waals surface area contributed by atoms with Crippen LogP contribution in [0.5, 0.6) is 0 Å². The molecule has 7 heteroatoms. The first-order chi connectivity index (χ1) is 11.7. The SMILES string of the molecule is Nc1ccc2nc(SCc3coc(-c4ccc(Cl)cc4)n3)sc2c1. The van der Waals surface area contributed by atoms with Crippen LogP contribution in [0, 0.1) is 0 Å². The molecule has 0 aliphatic rings. The van der Waals surface area contributed by atoms with Crippen molar-refractivity contribution in [1.29, 1.82) is 0 Å². The van der Waals surface area contributed by atoms with E-state index >= 15 is 0 Å². The van der Waals surface area contributed by atoms with Gasteiger partial charge < -0.3 is 10.2 Å². The van der Waals surface area contributed by atoms with Crippen LogP contribution in [0.4, 0.5) is 5.69 Å². The number of thioether (sulfide) groups is 1. The minimum Gasteiger partial charge on any atom is -0.444 e. The van der Waals surface area contributed by atoms with Gasteiger partial charge in [-0.1, -0.05) is 23.4 Å². The molecule has 0 spiro atoms. The maximum absolute atomic E-state index is 5.90. The number of nitrogen functional groups attached to an aromatic ring is 1. The maximum atomic E-state index is 5.90. The summed E-state index contributed by atoms with van der Waals surface area (Å²) in [4.78, 5) is 9.12. The van der Waals surface area contributed by atoms with Crippen molar-refractivity contribution in [3.63, 3.8) is 0 Å². The van der Waals surface area contributed by atoms with Gasteiger partial charge in [-0.3, -0.25) is 0 Å². The number of oxazole rings is 1. The molecule has 4 nitrogen and oxygen atoms in total. The number of anilines is 1. The molecule has 0 saturated carbocycles. The third-order valence-electron chi connectivity index (χ3n) is 3.38. The van der Waals surface area contributed by atoms with Gasteiger partial charge in [0.25, 0.3) is 0 Å². The highest BCUT2D eigenvalue weighted by Crippen LogP contribution is 2.32. The summed E-state index contributed by atoms with van der Waals surface area (Å²) in [7, 11) is 0. The number of rotatable bonds is 4. The van der Waals surface area contributed by atoms with Crippen molar-refractivity contribution >= 4 is 50.6 Å². The largest absolute Gasteiger partial charge is 0.444 e. The van der Waals surface area contributed by atoms with E-state index in [-0.39, 0.29) is 0 Å². The minimum atomic E-state index is 0.597. The van der Waals surface area contributed by atoms with Crippen LogP contribution in [0.1, 0.15) is 5.69 Å². The number of benzene rings is 2. The van der Waals surface area contributed by atoms with E-state index in [2.05, 4.69) is 9.97 Å². The summed E-state index contributed by atoms with van der Waals surface area (Å²) in [6, 6.07) is 13.2. The van der Waals surface area contributed by atoms with E-state index < -0.39 is 0 Å². The van der Waals surface area contributed by atoms with Gasteiger partial charge in [-0.2, -0.15) is 0 Å². The zero-order chi connectivity index (χ0) is 16.5. The number of nitrogens with two attached hydrogens (primary N) is 1. The van der Waals surface area contributed by atoms with Crippen LogP contribution in [0.3, 0.4) is 0 Å². The fraction of sp³-hybridized carbons (Fsp3) is 0.0588. The highest BCUT2D eigenvalue weighted by Gasteiger charge is 2.09. The number of fused-ring (bicyclic) bond motifs is 1. The van der Waals surface area contributed by atoms with Crippen LogP contribution in [-0.4, -0.2) is 9.97 Å². The van der Waals surface area contributed by atoms with Gasteiger partial charge in [0.05, 0.1) is 15.9 Å². The van der Waals surface area contributed by atoms with E-state index in [0.29, 0.717) is 16.7 Å². The molecular formula is C17H12ClN3OS2. The minimum absolute atomic E-state index is 0.597. The lowest BCUT2D eigenvalue weighted by atomic mass is 10.2. The van der Waals surface area contributed by atoms with Crippen LogP contribution in [0.2, 0.25) is 5.02 Å². The molecular weight excluding hydrogens is 362 g/mol. The Labute approximate surface area is 151 Å². The summed E-state index contributed by atoms with van der Waals surface area (Å²) in [5.74, 6) is 1.30. The van der Waals surface area contributed by atoms with Crippen molar-refractivity contribution in [2.45, 2.75) is 10.1 Å². The summed E-state index contributed by atoms with van der Waals surface area (Å²) in [5, 5.41) is 0.692. The van der Waals surface area contributed by atoms with Crippen molar-refractivity contribution in [1.82, 2.24) is 9.97 Å². The lowest BCUT2D eigenvalue weighted by molar-refractivity contribution is 0.573. The molecule has 4 rings (SSSR count). The molecule has 0 atom stereocenters. The molecule has 120 valence electrons. The third kappa shape index (κ3) is 3.26. The number of halogens is 1. The molecule has 0 amide bonds. The fourth-order valence-electron chi connectivity index (χ4n) is 2.22. The van der Waals surface area contributed by atoms with E-state index in [0.717, 1.165) is 31.5 Å². The van der Waals surface area contributed by atoms with Crippen molar-refractivity contribution in [2.75, 3.05) is 5.73 Å². The maximum Gasteiger partial charge on any atom is 0.226 e. The molecule has 2 aromatic carbocycles. The average Bonchev–Trinajstić information content (AvgIpc) is 3.19. The first kappa shape index (κ1) is 15.5.